The van der Waals surface area contributed by atoms with Crippen LogP contribution in [0.5, 0.6) is 0 Å². The lowest BCUT2D eigenvalue weighted by Gasteiger charge is -2.16. The molecule has 0 N–H and O–H groups in total. The second-order valence-corrected chi connectivity index (χ2v) is 4.14. The highest BCUT2D eigenvalue weighted by Gasteiger charge is 2.20. The standard InChI is InChI=1S/C11H21NO4/c1-5-7-10(8-6-2)13-15-16-14-11(3,4)9-12/h10H,5-8H2,1-4H3. The number of hydrogen-bond donors (Lipinski definition) is 0. The molecule has 0 saturated carbocycles. The van der Waals surface area contributed by atoms with E-state index in [-0.39, 0.29) is 6.10 Å². The van der Waals surface area contributed by atoms with E-state index in [9.17, 15) is 0 Å². The molecule has 5 heteroatoms. The molecular formula is C11H21NO4. The Labute approximate surface area is 97.0 Å². The minimum Gasteiger partial charge on any atom is -0.200 e. The third kappa shape index (κ3) is 7.60. The van der Waals surface area contributed by atoms with Crippen molar-refractivity contribution < 1.29 is 19.9 Å². The van der Waals surface area contributed by atoms with Crippen LogP contribution in [0.1, 0.15) is 53.4 Å². The zero-order chi connectivity index (χ0) is 12.4. The maximum absolute atomic E-state index is 8.62. The van der Waals surface area contributed by atoms with Crippen molar-refractivity contribution in [1.82, 2.24) is 0 Å². The summed E-state index contributed by atoms with van der Waals surface area (Å²) in [5.41, 5.74) is -1.05. The van der Waals surface area contributed by atoms with Crippen LogP contribution in [0.3, 0.4) is 0 Å². The molecule has 0 aromatic rings. The molecule has 0 radical (unpaired) electrons. The first kappa shape index (κ1) is 15.3. The van der Waals surface area contributed by atoms with E-state index in [0.29, 0.717) is 0 Å². The van der Waals surface area contributed by atoms with Crippen LogP contribution in [0.15, 0.2) is 0 Å². The Hall–Kier alpha value is -0.670. The van der Waals surface area contributed by atoms with Gasteiger partial charge in [-0.05, 0) is 36.8 Å². The van der Waals surface area contributed by atoms with Crippen molar-refractivity contribution in [1.29, 1.82) is 5.26 Å². The molecule has 0 amide bonds. The van der Waals surface area contributed by atoms with Crippen molar-refractivity contribution in [2.24, 2.45) is 0 Å². The maximum atomic E-state index is 8.62. The normalized spacial score (nSPS) is 11.8. The van der Waals surface area contributed by atoms with Crippen LogP contribution in [0, 0.1) is 11.3 Å². The molecule has 0 saturated heterocycles. The molecule has 0 rings (SSSR count). The average Bonchev–Trinajstić information content (AvgIpc) is 2.25. The molecule has 0 unspecified atom stereocenters. The van der Waals surface area contributed by atoms with E-state index in [2.05, 4.69) is 28.8 Å². The van der Waals surface area contributed by atoms with Gasteiger partial charge in [0.2, 0.25) is 0 Å². The van der Waals surface area contributed by atoms with Gasteiger partial charge in [0.15, 0.2) is 5.60 Å². The van der Waals surface area contributed by atoms with Crippen molar-refractivity contribution >= 4 is 0 Å². The van der Waals surface area contributed by atoms with Crippen LogP contribution in [-0.2, 0) is 19.9 Å². The van der Waals surface area contributed by atoms with Crippen molar-refractivity contribution in [2.75, 3.05) is 0 Å². The van der Waals surface area contributed by atoms with E-state index in [4.69, 9.17) is 10.1 Å². The molecule has 0 aromatic heterocycles. The predicted molar refractivity (Wildman–Crippen MR) is 57.6 cm³/mol. The van der Waals surface area contributed by atoms with Crippen molar-refractivity contribution in [3.63, 3.8) is 0 Å². The van der Waals surface area contributed by atoms with Gasteiger partial charge in [-0.3, -0.25) is 0 Å². The lowest BCUT2D eigenvalue weighted by molar-refractivity contribution is -0.653. The van der Waals surface area contributed by atoms with E-state index in [1.807, 2.05) is 6.07 Å². The number of rotatable bonds is 9. The Morgan fingerprint density at radius 2 is 1.69 bits per heavy atom. The van der Waals surface area contributed by atoms with Crippen molar-refractivity contribution in [3.05, 3.63) is 0 Å². The van der Waals surface area contributed by atoms with E-state index in [0.717, 1.165) is 25.7 Å². The zero-order valence-corrected chi connectivity index (χ0v) is 10.5. The van der Waals surface area contributed by atoms with Gasteiger partial charge in [-0.25, -0.2) is 4.89 Å². The molecule has 0 aromatic carbocycles. The average molecular weight is 231 g/mol. The second-order valence-electron chi connectivity index (χ2n) is 4.14. The van der Waals surface area contributed by atoms with Crippen LogP contribution in [0.4, 0.5) is 0 Å². The molecule has 0 heterocycles. The van der Waals surface area contributed by atoms with Gasteiger partial charge in [0, 0.05) is 0 Å². The second kappa shape index (κ2) is 8.48. The number of hydrogen-bond acceptors (Lipinski definition) is 5. The highest BCUT2D eigenvalue weighted by atomic mass is 17.7. The lowest BCUT2D eigenvalue weighted by Crippen LogP contribution is -2.23. The van der Waals surface area contributed by atoms with Gasteiger partial charge in [0.25, 0.3) is 0 Å². The first-order chi connectivity index (χ1) is 7.55. The summed E-state index contributed by atoms with van der Waals surface area (Å²) in [5.74, 6) is 0. The van der Waals surface area contributed by atoms with Gasteiger partial charge in [0.1, 0.15) is 6.07 Å². The Kier molecular flexibility index (Phi) is 8.12. The Bertz CT molecular complexity index is 207. The molecule has 16 heavy (non-hydrogen) atoms. The van der Waals surface area contributed by atoms with Crippen LogP contribution < -0.4 is 0 Å². The first-order valence-corrected chi connectivity index (χ1v) is 5.64. The largest absolute Gasteiger partial charge is 0.200 e. The Morgan fingerprint density at radius 1 is 1.12 bits per heavy atom. The molecule has 0 atom stereocenters. The minimum atomic E-state index is -1.05. The van der Waals surface area contributed by atoms with Gasteiger partial charge < -0.3 is 0 Å². The van der Waals surface area contributed by atoms with Gasteiger partial charge in [0.05, 0.1) is 6.10 Å². The van der Waals surface area contributed by atoms with Crippen LogP contribution in [-0.4, -0.2) is 11.7 Å². The molecular weight excluding hydrogens is 210 g/mol. The highest BCUT2D eigenvalue weighted by molar-refractivity contribution is 4.92. The Balaban J connectivity index is 3.66. The summed E-state index contributed by atoms with van der Waals surface area (Å²) in [6.07, 6.45) is 3.83. The van der Waals surface area contributed by atoms with Crippen LogP contribution >= 0.6 is 0 Å². The maximum Gasteiger partial charge on any atom is 0.186 e. The van der Waals surface area contributed by atoms with E-state index in [1.165, 1.54) is 0 Å². The van der Waals surface area contributed by atoms with Gasteiger partial charge in [-0.2, -0.15) is 10.1 Å². The zero-order valence-electron chi connectivity index (χ0n) is 10.5. The quantitative estimate of drug-likeness (QED) is 0.346. The van der Waals surface area contributed by atoms with E-state index in [1.54, 1.807) is 13.8 Å². The molecule has 0 aliphatic carbocycles. The third-order valence-corrected chi connectivity index (χ3v) is 1.94. The fraction of sp³-hybridized carbons (Fsp3) is 0.909. The Morgan fingerprint density at radius 3 is 2.12 bits per heavy atom. The number of nitriles is 1. The SMILES string of the molecule is CCCC(CCC)OOOOC(C)(C)C#N. The lowest BCUT2D eigenvalue weighted by atomic mass is 10.1. The van der Waals surface area contributed by atoms with Crippen LogP contribution in [0.2, 0.25) is 0 Å². The van der Waals surface area contributed by atoms with Crippen LogP contribution in [0.25, 0.3) is 0 Å². The minimum absolute atomic E-state index is 0.00352. The van der Waals surface area contributed by atoms with Crippen molar-refractivity contribution in [3.8, 4) is 6.07 Å². The van der Waals surface area contributed by atoms with Crippen molar-refractivity contribution in [2.45, 2.75) is 65.1 Å². The predicted octanol–water partition coefficient (Wildman–Crippen LogP) is 3.07. The highest BCUT2D eigenvalue weighted by Crippen LogP contribution is 2.12. The van der Waals surface area contributed by atoms with Gasteiger partial charge in [-0.15, -0.1) is 0 Å². The van der Waals surface area contributed by atoms with E-state index >= 15 is 0 Å². The molecule has 0 aliphatic heterocycles. The smallest absolute Gasteiger partial charge is 0.186 e. The van der Waals surface area contributed by atoms with Gasteiger partial charge in [-0.1, -0.05) is 26.7 Å². The van der Waals surface area contributed by atoms with Gasteiger partial charge >= 0.3 is 0 Å². The molecule has 0 spiro atoms. The first-order valence-electron chi connectivity index (χ1n) is 5.64. The molecule has 94 valence electrons. The molecule has 5 nitrogen and oxygen atoms in total. The summed E-state index contributed by atoms with van der Waals surface area (Å²) in [5, 5.41) is 17.5. The third-order valence-electron chi connectivity index (χ3n) is 1.94. The van der Waals surface area contributed by atoms with E-state index < -0.39 is 5.60 Å². The molecule has 0 bridgehead atoms. The fourth-order valence-corrected chi connectivity index (χ4v) is 1.07. The monoisotopic (exact) mass is 231 g/mol. The topological polar surface area (TPSA) is 60.7 Å². The summed E-state index contributed by atoms with van der Waals surface area (Å²) in [7, 11) is 0. The summed E-state index contributed by atoms with van der Waals surface area (Å²) in [4.78, 5) is 9.68. The summed E-state index contributed by atoms with van der Waals surface area (Å²) in [6.45, 7) is 7.27. The molecule has 0 fully saturated rings. The summed E-state index contributed by atoms with van der Waals surface area (Å²) < 4.78 is 0. The molecule has 0 aliphatic rings. The summed E-state index contributed by atoms with van der Waals surface area (Å²) >= 11 is 0. The fourth-order valence-electron chi connectivity index (χ4n) is 1.07. The number of nitrogens with zero attached hydrogens (tertiary/aromatic N) is 1. The summed E-state index contributed by atoms with van der Waals surface area (Å²) in [6, 6.07) is 1.90.